The molecule has 0 amide bonds. The first-order chi connectivity index (χ1) is 17.1. The zero-order valence-electron chi connectivity index (χ0n) is 28.2. The first kappa shape index (κ1) is 36.0. The lowest BCUT2D eigenvalue weighted by atomic mass is 9.85. The SMILES string of the molecule is CCC(C)(O[Si](C)(C)C(C)(CC)O[Si](C)(C)C)C(C)(CC)[Si](C)(CCc1ccccc1)OC(C)(C)[SiH](C)C. The van der Waals surface area contributed by atoms with Crippen molar-refractivity contribution >= 4 is 33.7 Å². The summed E-state index contributed by atoms with van der Waals surface area (Å²) in [5.41, 5.74) is 1.10. The zero-order chi connectivity index (χ0) is 29.8. The third-order valence-electron chi connectivity index (χ3n) is 10.3. The van der Waals surface area contributed by atoms with Crippen molar-refractivity contribution in [2.24, 2.45) is 0 Å². The minimum absolute atomic E-state index is 0.0609. The van der Waals surface area contributed by atoms with E-state index in [1.54, 1.807) is 0 Å². The van der Waals surface area contributed by atoms with Gasteiger partial charge in [-0.1, -0.05) is 71.1 Å². The Morgan fingerprint density at radius 3 is 1.63 bits per heavy atom. The van der Waals surface area contributed by atoms with Crippen molar-refractivity contribution in [2.75, 3.05) is 0 Å². The van der Waals surface area contributed by atoms with Gasteiger partial charge in [-0.3, -0.25) is 0 Å². The lowest BCUT2D eigenvalue weighted by molar-refractivity contribution is -0.0113. The van der Waals surface area contributed by atoms with Crippen LogP contribution in [0.5, 0.6) is 0 Å². The molecular weight excluding hydrogens is 533 g/mol. The van der Waals surface area contributed by atoms with Crippen LogP contribution >= 0.6 is 0 Å². The van der Waals surface area contributed by atoms with Crippen LogP contribution in [0.1, 0.15) is 80.2 Å². The van der Waals surface area contributed by atoms with E-state index < -0.39 is 33.7 Å². The summed E-state index contributed by atoms with van der Waals surface area (Å²) < 4.78 is 22.1. The monoisotopic (exact) mass is 596 g/mol. The van der Waals surface area contributed by atoms with Crippen molar-refractivity contribution in [3.05, 3.63) is 35.9 Å². The van der Waals surface area contributed by atoms with Crippen LogP contribution in [0.15, 0.2) is 30.3 Å². The van der Waals surface area contributed by atoms with Gasteiger partial charge in [0, 0.05) is 10.3 Å². The molecule has 4 atom stereocenters. The van der Waals surface area contributed by atoms with Crippen molar-refractivity contribution in [3.63, 3.8) is 0 Å². The predicted octanol–water partition coefficient (Wildman–Crippen LogP) is 9.75. The van der Waals surface area contributed by atoms with Gasteiger partial charge in [0.1, 0.15) is 0 Å². The first-order valence-electron chi connectivity index (χ1n) is 15.2. The Morgan fingerprint density at radius 1 is 0.711 bits per heavy atom. The highest BCUT2D eigenvalue weighted by Crippen LogP contribution is 2.58. The molecule has 0 bridgehead atoms. The molecule has 0 spiro atoms. The van der Waals surface area contributed by atoms with E-state index in [0.717, 1.165) is 31.7 Å². The molecule has 1 aromatic rings. The Hall–Kier alpha value is -0.0325. The van der Waals surface area contributed by atoms with E-state index in [0.29, 0.717) is 0 Å². The molecule has 0 aliphatic heterocycles. The second-order valence-electron chi connectivity index (χ2n) is 14.8. The van der Waals surface area contributed by atoms with Crippen molar-refractivity contribution in [1.82, 2.24) is 0 Å². The summed E-state index contributed by atoms with van der Waals surface area (Å²) >= 11 is 0. The van der Waals surface area contributed by atoms with Gasteiger partial charge in [0.15, 0.2) is 16.6 Å². The molecule has 0 fully saturated rings. The van der Waals surface area contributed by atoms with Gasteiger partial charge >= 0.3 is 0 Å². The average Bonchev–Trinajstić information content (AvgIpc) is 2.80. The molecule has 0 N–H and O–H groups in total. The minimum atomic E-state index is -2.36. The van der Waals surface area contributed by atoms with Gasteiger partial charge in [0.05, 0.1) is 19.6 Å². The molecule has 38 heavy (non-hydrogen) atoms. The molecule has 0 saturated carbocycles. The van der Waals surface area contributed by atoms with Crippen LogP contribution in [0.25, 0.3) is 0 Å². The van der Waals surface area contributed by atoms with Gasteiger partial charge in [0.25, 0.3) is 0 Å². The second-order valence-corrected chi connectivity index (χ2v) is 31.4. The Bertz CT molecular complexity index is 870. The molecule has 0 aliphatic carbocycles. The van der Waals surface area contributed by atoms with Gasteiger partial charge in [-0.25, -0.2) is 0 Å². The van der Waals surface area contributed by atoms with Crippen LogP contribution in [0, 0.1) is 0 Å². The third kappa shape index (κ3) is 8.04. The molecule has 3 nitrogen and oxygen atoms in total. The molecule has 0 saturated heterocycles. The van der Waals surface area contributed by atoms with E-state index in [1.165, 1.54) is 5.56 Å². The van der Waals surface area contributed by atoms with E-state index in [1.807, 2.05) is 0 Å². The molecule has 1 rings (SSSR count). The van der Waals surface area contributed by atoms with E-state index in [4.69, 9.17) is 13.3 Å². The fourth-order valence-corrected chi connectivity index (χ4v) is 18.7. The fraction of sp³-hybridized carbons (Fsp3) is 0.806. The van der Waals surface area contributed by atoms with Gasteiger partial charge in [-0.15, -0.1) is 0 Å². The topological polar surface area (TPSA) is 27.7 Å². The Balaban J connectivity index is 3.67. The Kier molecular flexibility index (Phi) is 12.2. The number of hydrogen-bond acceptors (Lipinski definition) is 3. The highest BCUT2D eigenvalue weighted by molar-refractivity contribution is 6.78. The first-order valence-corrected chi connectivity index (χ1v) is 27.0. The zero-order valence-corrected chi connectivity index (χ0v) is 32.4. The maximum absolute atomic E-state index is 7.61. The van der Waals surface area contributed by atoms with Crippen LogP contribution < -0.4 is 0 Å². The molecule has 0 aliphatic rings. The molecular formula is C31H64O3Si4. The van der Waals surface area contributed by atoms with Gasteiger partial charge in [0.2, 0.25) is 8.32 Å². The molecule has 4 unspecified atom stereocenters. The van der Waals surface area contributed by atoms with Gasteiger partial charge < -0.3 is 13.3 Å². The molecule has 0 heterocycles. The number of benzene rings is 1. The van der Waals surface area contributed by atoms with Gasteiger partial charge in [-0.05, 0) is 104 Å². The predicted molar refractivity (Wildman–Crippen MR) is 180 cm³/mol. The van der Waals surface area contributed by atoms with Crippen LogP contribution in [-0.2, 0) is 19.7 Å². The second kappa shape index (κ2) is 12.9. The number of rotatable bonds is 16. The maximum Gasteiger partial charge on any atom is 0.217 e. The number of hydrogen-bond donors (Lipinski definition) is 0. The highest BCUT2D eigenvalue weighted by atomic mass is 28.4. The summed E-state index contributed by atoms with van der Waals surface area (Å²) in [6.45, 7) is 38.0. The van der Waals surface area contributed by atoms with E-state index in [9.17, 15) is 0 Å². The lowest BCUT2D eigenvalue weighted by Crippen LogP contribution is -2.67. The summed E-state index contributed by atoms with van der Waals surface area (Å²) in [5.74, 6) is 0. The summed E-state index contributed by atoms with van der Waals surface area (Å²) in [7, 11) is -7.47. The average molecular weight is 597 g/mol. The normalized spacial score (nSPS) is 19.9. The highest BCUT2D eigenvalue weighted by Gasteiger charge is 2.62. The Morgan fingerprint density at radius 2 is 1.24 bits per heavy atom. The standard InChI is InChI=1S/C31H64O3Si4/c1-17-29(6,33-37(14,15)31(8,19-3)34-36(11,12)13)30(7,18-2)38(16,32-28(4,5)35(9)10)26-25-27-23-21-20-22-24-27/h20-24,35H,17-19,25-26H2,1-16H3. The van der Waals surface area contributed by atoms with Crippen LogP contribution in [0.3, 0.4) is 0 Å². The summed E-state index contributed by atoms with van der Waals surface area (Å²) in [6, 6.07) is 12.1. The van der Waals surface area contributed by atoms with Gasteiger partial charge in [-0.2, -0.15) is 0 Å². The van der Waals surface area contributed by atoms with Crippen LogP contribution in [0.2, 0.25) is 63.5 Å². The molecule has 0 aromatic heterocycles. The maximum atomic E-state index is 7.61. The summed E-state index contributed by atoms with van der Waals surface area (Å²) in [4.78, 5) is 0. The third-order valence-corrected chi connectivity index (χ3v) is 24.1. The molecule has 0 radical (unpaired) electrons. The van der Waals surface area contributed by atoms with Crippen LogP contribution in [-0.4, -0.2) is 49.8 Å². The smallest absolute Gasteiger partial charge is 0.217 e. The van der Waals surface area contributed by atoms with Crippen LogP contribution in [0.4, 0.5) is 0 Å². The van der Waals surface area contributed by atoms with E-state index in [2.05, 4.69) is 138 Å². The quantitative estimate of drug-likeness (QED) is 0.178. The lowest BCUT2D eigenvalue weighted by Gasteiger charge is -2.60. The van der Waals surface area contributed by atoms with E-state index >= 15 is 0 Å². The summed E-state index contributed by atoms with van der Waals surface area (Å²) in [6.07, 6.45) is 4.05. The fourth-order valence-electron chi connectivity index (χ4n) is 6.02. The summed E-state index contributed by atoms with van der Waals surface area (Å²) in [5, 5.41) is -0.355. The minimum Gasteiger partial charge on any atom is -0.415 e. The van der Waals surface area contributed by atoms with Crippen molar-refractivity contribution in [3.8, 4) is 0 Å². The number of aryl methyl sites for hydroxylation is 1. The van der Waals surface area contributed by atoms with E-state index in [-0.39, 0.29) is 21.1 Å². The van der Waals surface area contributed by atoms with Crippen molar-refractivity contribution in [1.29, 1.82) is 0 Å². The molecule has 7 heteroatoms. The molecule has 222 valence electrons. The largest absolute Gasteiger partial charge is 0.415 e. The van der Waals surface area contributed by atoms with Crippen molar-refractivity contribution < 1.29 is 13.3 Å². The Labute approximate surface area is 242 Å². The molecule has 1 aromatic carbocycles. The van der Waals surface area contributed by atoms with Crippen molar-refractivity contribution in [2.45, 2.75) is 161 Å².